The topological polar surface area (TPSA) is 21.3 Å². The van der Waals surface area contributed by atoms with Gasteiger partial charge in [-0.1, -0.05) is 48.5 Å². The highest BCUT2D eigenvalue weighted by atomic mass is 16.5. The number of benzene rings is 2. The molecule has 0 radical (unpaired) electrons. The first-order valence-electron chi connectivity index (χ1n) is 6.85. The summed E-state index contributed by atoms with van der Waals surface area (Å²) in [5, 5.41) is 3.49. The minimum atomic E-state index is 0.778. The molecule has 2 nitrogen and oxygen atoms in total. The second-order valence-electron chi connectivity index (χ2n) is 5.01. The summed E-state index contributed by atoms with van der Waals surface area (Å²) < 4.78 is 5.44. The van der Waals surface area contributed by atoms with Crippen molar-refractivity contribution in [2.24, 2.45) is 0 Å². The Bertz CT molecular complexity index is 536. The van der Waals surface area contributed by atoms with E-state index in [2.05, 4.69) is 53.8 Å². The van der Waals surface area contributed by atoms with E-state index in [1.165, 1.54) is 22.3 Å². The van der Waals surface area contributed by atoms with Crippen molar-refractivity contribution < 1.29 is 4.74 Å². The molecule has 0 amide bonds. The lowest BCUT2D eigenvalue weighted by Gasteiger charge is -2.06. The fraction of sp³-hybridized carbons (Fsp3) is 0.294. The first kappa shape index (κ1) is 12.4. The predicted molar refractivity (Wildman–Crippen MR) is 76.8 cm³/mol. The smallest absolute Gasteiger partial charge is 0.0725 e. The molecule has 0 fully saturated rings. The summed E-state index contributed by atoms with van der Waals surface area (Å²) in [6, 6.07) is 17.2. The minimum absolute atomic E-state index is 0.778. The molecular formula is C17H19NO. The maximum atomic E-state index is 5.44. The van der Waals surface area contributed by atoms with Gasteiger partial charge >= 0.3 is 0 Å². The Labute approximate surface area is 114 Å². The molecule has 0 saturated heterocycles. The third-order valence-electron chi connectivity index (χ3n) is 3.55. The summed E-state index contributed by atoms with van der Waals surface area (Å²) in [6.07, 6.45) is 1.07. The molecule has 0 unspecified atom stereocenters. The third-order valence-corrected chi connectivity index (χ3v) is 3.55. The van der Waals surface area contributed by atoms with E-state index in [-0.39, 0.29) is 0 Å². The fourth-order valence-electron chi connectivity index (χ4n) is 2.44. The van der Waals surface area contributed by atoms with Crippen LogP contribution in [-0.2, 0) is 30.9 Å². The van der Waals surface area contributed by atoms with Gasteiger partial charge in [0.05, 0.1) is 13.2 Å². The van der Waals surface area contributed by atoms with Gasteiger partial charge in [-0.15, -0.1) is 0 Å². The van der Waals surface area contributed by atoms with E-state index in [4.69, 9.17) is 4.74 Å². The van der Waals surface area contributed by atoms with Crippen molar-refractivity contribution in [1.29, 1.82) is 0 Å². The number of nitrogens with one attached hydrogen (secondary N) is 1. The van der Waals surface area contributed by atoms with Crippen LogP contribution in [0.15, 0.2) is 48.5 Å². The zero-order valence-electron chi connectivity index (χ0n) is 11.1. The van der Waals surface area contributed by atoms with Gasteiger partial charge in [0.15, 0.2) is 0 Å². The molecule has 0 aromatic heterocycles. The first-order valence-corrected chi connectivity index (χ1v) is 6.85. The third kappa shape index (κ3) is 3.22. The van der Waals surface area contributed by atoms with Gasteiger partial charge in [0.1, 0.15) is 0 Å². The number of fused-ring (bicyclic) bond motifs is 1. The monoisotopic (exact) mass is 253 g/mol. The maximum absolute atomic E-state index is 5.44. The van der Waals surface area contributed by atoms with Crippen LogP contribution in [0.1, 0.15) is 22.3 Å². The molecule has 0 atom stereocenters. The van der Waals surface area contributed by atoms with Crippen LogP contribution < -0.4 is 5.32 Å². The van der Waals surface area contributed by atoms with Gasteiger partial charge in [0, 0.05) is 6.54 Å². The normalized spacial score (nSPS) is 13.5. The van der Waals surface area contributed by atoms with Gasteiger partial charge in [-0.25, -0.2) is 0 Å². The van der Waals surface area contributed by atoms with E-state index in [1.807, 2.05) is 0 Å². The van der Waals surface area contributed by atoms with Crippen LogP contribution in [-0.4, -0.2) is 6.54 Å². The maximum Gasteiger partial charge on any atom is 0.0725 e. The first-order chi connectivity index (χ1) is 9.42. The summed E-state index contributed by atoms with van der Waals surface area (Å²) >= 11 is 0. The molecule has 1 heterocycles. The molecule has 0 saturated carbocycles. The van der Waals surface area contributed by atoms with Gasteiger partial charge in [0.25, 0.3) is 0 Å². The zero-order valence-corrected chi connectivity index (χ0v) is 11.1. The Balaban J connectivity index is 1.48. The van der Waals surface area contributed by atoms with E-state index < -0.39 is 0 Å². The molecule has 2 aromatic rings. The molecule has 98 valence electrons. The van der Waals surface area contributed by atoms with E-state index in [9.17, 15) is 0 Å². The fourth-order valence-corrected chi connectivity index (χ4v) is 2.44. The van der Waals surface area contributed by atoms with Crippen LogP contribution in [0, 0.1) is 0 Å². The summed E-state index contributed by atoms with van der Waals surface area (Å²) in [6.45, 7) is 3.51. The van der Waals surface area contributed by atoms with Crippen LogP contribution >= 0.6 is 0 Å². The molecule has 2 aromatic carbocycles. The van der Waals surface area contributed by atoms with E-state index in [0.29, 0.717) is 0 Å². The largest absolute Gasteiger partial charge is 0.372 e. The molecule has 19 heavy (non-hydrogen) atoms. The van der Waals surface area contributed by atoms with E-state index in [1.54, 1.807) is 0 Å². The average molecular weight is 253 g/mol. The van der Waals surface area contributed by atoms with Crippen LogP contribution in [0.2, 0.25) is 0 Å². The Morgan fingerprint density at radius 3 is 2.63 bits per heavy atom. The number of rotatable bonds is 5. The SMILES string of the molecule is c1ccc(CNCCc2ccc3c(c2)COC3)cc1. The van der Waals surface area contributed by atoms with Gasteiger partial charge in [0.2, 0.25) is 0 Å². The number of hydrogen-bond acceptors (Lipinski definition) is 2. The van der Waals surface area contributed by atoms with Crippen LogP contribution in [0.25, 0.3) is 0 Å². The lowest BCUT2D eigenvalue weighted by atomic mass is 10.0. The van der Waals surface area contributed by atoms with Crippen molar-refractivity contribution >= 4 is 0 Å². The van der Waals surface area contributed by atoms with Gasteiger partial charge in [-0.2, -0.15) is 0 Å². The quantitative estimate of drug-likeness (QED) is 0.827. The van der Waals surface area contributed by atoms with Crippen LogP contribution in [0.4, 0.5) is 0 Å². The molecule has 1 N–H and O–H groups in total. The summed E-state index contributed by atoms with van der Waals surface area (Å²) in [7, 11) is 0. The van der Waals surface area contributed by atoms with Gasteiger partial charge < -0.3 is 10.1 Å². The number of hydrogen-bond donors (Lipinski definition) is 1. The van der Waals surface area contributed by atoms with Gasteiger partial charge in [-0.3, -0.25) is 0 Å². The van der Waals surface area contributed by atoms with Crippen molar-refractivity contribution in [3.05, 3.63) is 70.8 Å². The molecule has 0 bridgehead atoms. The van der Waals surface area contributed by atoms with Crippen molar-refractivity contribution in [2.75, 3.05) is 6.54 Å². The average Bonchev–Trinajstić information content (AvgIpc) is 2.92. The van der Waals surface area contributed by atoms with E-state index in [0.717, 1.165) is 32.7 Å². The molecule has 2 heteroatoms. The molecule has 1 aliphatic heterocycles. The van der Waals surface area contributed by atoms with Crippen molar-refractivity contribution in [3.8, 4) is 0 Å². The van der Waals surface area contributed by atoms with Crippen LogP contribution in [0.5, 0.6) is 0 Å². The van der Waals surface area contributed by atoms with Crippen molar-refractivity contribution in [3.63, 3.8) is 0 Å². The second-order valence-corrected chi connectivity index (χ2v) is 5.01. The standard InChI is InChI=1S/C17H19NO/c1-2-4-15(5-3-1)11-18-9-8-14-6-7-16-12-19-13-17(16)10-14/h1-7,10,18H,8-9,11-13H2. The van der Waals surface area contributed by atoms with Gasteiger partial charge in [-0.05, 0) is 35.2 Å². The molecule has 0 aliphatic carbocycles. The summed E-state index contributed by atoms with van der Waals surface area (Å²) in [5.74, 6) is 0. The lowest BCUT2D eigenvalue weighted by Crippen LogP contribution is -2.16. The molecule has 0 spiro atoms. The summed E-state index contributed by atoms with van der Waals surface area (Å²) in [5.41, 5.74) is 5.44. The van der Waals surface area contributed by atoms with Crippen LogP contribution in [0.3, 0.4) is 0 Å². The highest BCUT2D eigenvalue weighted by Crippen LogP contribution is 2.20. The number of ether oxygens (including phenoxy) is 1. The molecular weight excluding hydrogens is 234 g/mol. The molecule has 1 aliphatic rings. The lowest BCUT2D eigenvalue weighted by molar-refractivity contribution is 0.134. The Hall–Kier alpha value is -1.64. The molecule has 3 rings (SSSR count). The Morgan fingerprint density at radius 2 is 1.74 bits per heavy atom. The van der Waals surface area contributed by atoms with E-state index >= 15 is 0 Å². The minimum Gasteiger partial charge on any atom is -0.372 e. The van der Waals surface area contributed by atoms with Crippen molar-refractivity contribution in [2.45, 2.75) is 26.2 Å². The highest BCUT2D eigenvalue weighted by molar-refractivity contribution is 5.33. The summed E-state index contributed by atoms with van der Waals surface area (Å²) in [4.78, 5) is 0. The predicted octanol–water partition coefficient (Wildman–Crippen LogP) is 3.05. The van der Waals surface area contributed by atoms with Crippen molar-refractivity contribution in [1.82, 2.24) is 5.32 Å². The second kappa shape index (κ2) is 6.00. The zero-order chi connectivity index (χ0) is 12.9. The highest BCUT2D eigenvalue weighted by Gasteiger charge is 2.10. The Morgan fingerprint density at radius 1 is 0.895 bits per heavy atom. The Kier molecular flexibility index (Phi) is 3.92.